The molecule has 1 unspecified atom stereocenters. The fraction of sp³-hybridized carbons (Fsp3) is 0.409. The number of hydrogen-bond donors (Lipinski definition) is 1. The topological polar surface area (TPSA) is 50.8 Å². The summed E-state index contributed by atoms with van der Waals surface area (Å²) in [7, 11) is 0. The van der Waals surface area contributed by atoms with Gasteiger partial charge >= 0.3 is 0 Å². The summed E-state index contributed by atoms with van der Waals surface area (Å²) < 4.78 is 11.4. The van der Waals surface area contributed by atoms with Crippen molar-refractivity contribution in [3.8, 4) is 11.5 Å². The van der Waals surface area contributed by atoms with Crippen molar-refractivity contribution in [3.05, 3.63) is 58.7 Å². The maximum atomic E-state index is 12.0. The molecule has 3 aliphatic rings. The SMILES string of the molecule is O=C1NCCc2cc(CN3CCCC3c3ccc4c(c3)OCCO4)ccc21. The first kappa shape index (κ1) is 16.6. The van der Waals surface area contributed by atoms with Crippen LogP contribution in [0.5, 0.6) is 11.5 Å². The van der Waals surface area contributed by atoms with E-state index in [1.807, 2.05) is 12.1 Å². The summed E-state index contributed by atoms with van der Waals surface area (Å²) in [5.74, 6) is 1.77. The van der Waals surface area contributed by atoms with Crippen LogP contribution in [0.2, 0.25) is 0 Å². The zero-order chi connectivity index (χ0) is 18.2. The van der Waals surface area contributed by atoms with E-state index in [2.05, 4.69) is 34.5 Å². The molecule has 1 amide bonds. The second-order valence-corrected chi connectivity index (χ2v) is 7.53. The Kier molecular flexibility index (Phi) is 4.24. The maximum absolute atomic E-state index is 12.0. The number of ether oxygens (including phenoxy) is 2. The fourth-order valence-electron chi connectivity index (χ4n) is 4.47. The van der Waals surface area contributed by atoms with Crippen LogP contribution in [0, 0.1) is 0 Å². The smallest absolute Gasteiger partial charge is 0.251 e. The molecule has 27 heavy (non-hydrogen) atoms. The molecule has 1 atom stereocenters. The van der Waals surface area contributed by atoms with Crippen molar-refractivity contribution < 1.29 is 14.3 Å². The van der Waals surface area contributed by atoms with Gasteiger partial charge in [0.05, 0.1) is 0 Å². The number of rotatable bonds is 3. The predicted molar refractivity (Wildman–Crippen MR) is 102 cm³/mol. The third-order valence-corrected chi connectivity index (χ3v) is 5.79. The van der Waals surface area contributed by atoms with Crippen molar-refractivity contribution in [1.29, 1.82) is 0 Å². The molecule has 2 aromatic rings. The largest absolute Gasteiger partial charge is 0.486 e. The van der Waals surface area contributed by atoms with Gasteiger partial charge < -0.3 is 14.8 Å². The summed E-state index contributed by atoms with van der Waals surface area (Å²) in [5.41, 5.74) is 4.59. The van der Waals surface area contributed by atoms with Gasteiger partial charge in [0.2, 0.25) is 0 Å². The van der Waals surface area contributed by atoms with E-state index in [0.29, 0.717) is 19.3 Å². The molecular formula is C22H24N2O3. The van der Waals surface area contributed by atoms with Gasteiger partial charge in [-0.05, 0) is 60.7 Å². The molecule has 0 bridgehead atoms. The van der Waals surface area contributed by atoms with Gasteiger partial charge in [0.15, 0.2) is 11.5 Å². The van der Waals surface area contributed by atoms with Crippen molar-refractivity contribution >= 4 is 5.91 Å². The number of nitrogens with zero attached hydrogens (tertiary/aromatic N) is 1. The Morgan fingerprint density at radius 2 is 1.96 bits per heavy atom. The second kappa shape index (κ2) is 6.89. The number of nitrogens with one attached hydrogen (secondary N) is 1. The first-order chi connectivity index (χ1) is 13.3. The monoisotopic (exact) mass is 364 g/mol. The van der Waals surface area contributed by atoms with Crippen molar-refractivity contribution in [2.24, 2.45) is 0 Å². The molecule has 3 aliphatic heterocycles. The quantitative estimate of drug-likeness (QED) is 0.909. The highest BCUT2D eigenvalue weighted by Gasteiger charge is 2.28. The van der Waals surface area contributed by atoms with E-state index in [1.54, 1.807) is 0 Å². The highest BCUT2D eigenvalue weighted by Crippen LogP contribution is 2.38. The highest BCUT2D eigenvalue weighted by molar-refractivity contribution is 5.96. The van der Waals surface area contributed by atoms with Gasteiger partial charge in [0.25, 0.3) is 5.91 Å². The van der Waals surface area contributed by atoms with Crippen LogP contribution in [0.3, 0.4) is 0 Å². The van der Waals surface area contributed by atoms with Gasteiger partial charge in [0.1, 0.15) is 13.2 Å². The molecule has 5 nitrogen and oxygen atoms in total. The van der Waals surface area contributed by atoms with E-state index in [4.69, 9.17) is 9.47 Å². The predicted octanol–water partition coefficient (Wildman–Crippen LogP) is 3.08. The minimum atomic E-state index is 0.0538. The summed E-state index contributed by atoms with van der Waals surface area (Å²) >= 11 is 0. The lowest BCUT2D eigenvalue weighted by atomic mass is 9.97. The molecule has 0 aromatic heterocycles. The molecule has 5 rings (SSSR count). The third-order valence-electron chi connectivity index (χ3n) is 5.79. The van der Waals surface area contributed by atoms with Crippen LogP contribution in [0.15, 0.2) is 36.4 Å². The van der Waals surface area contributed by atoms with Gasteiger partial charge in [-0.3, -0.25) is 9.69 Å². The first-order valence-corrected chi connectivity index (χ1v) is 9.81. The number of carbonyl (C=O) groups excluding carboxylic acids is 1. The molecule has 140 valence electrons. The lowest BCUT2D eigenvalue weighted by Crippen LogP contribution is -2.32. The lowest BCUT2D eigenvalue weighted by molar-refractivity contribution is 0.0946. The van der Waals surface area contributed by atoms with Gasteiger partial charge in [-0.2, -0.15) is 0 Å². The molecule has 0 aliphatic carbocycles. The zero-order valence-corrected chi connectivity index (χ0v) is 15.4. The Hall–Kier alpha value is -2.53. The van der Waals surface area contributed by atoms with E-state index in [0.717, 1.165) is 49.5 Å². The van der Waals surface area contributed by atoms with Crippen LogP contribution in [0.25, 0.3) is 0 Å². The van der Waals surface area contributed by atoms with E-state index in [-0.39, 0.29) is 5.91 Å². The molecule has 1 saturated heterocycles. The molecule has 3 heterocycles. The Labute approximate surface area is 159 Å². The molecule has 2 aromatic carbocycles. The summed E-state index contributed by atoms with van der Waals surface area (Å²) in [6, 6.07) is 13.1. The summed E-state index contributed by atoms with van der Waals surface area (Å²) in [5, 5.41) is 2.91. The number of amides is 1. The van der Waals surface area contributed by atoms with Crippen molar-refractivity contribution in [1.82, 2.24) is 10.2 Å². The van der Waals surface area contributed by atoms with Gasteiger partial charge in [-0.15, -0.1) is 0 Å². The van der Waals surface area contributed by atoms with E-state index in [1.165, 1.54) is 23.1 Å². The number of hydrogen-bond acceptors (Lipinski definition) is 4. The molecule has 1 fully saturated rings. The third kappa shape index (κ3) is 3.16. The van der Waals surface area contributed by atoms with Crippen molar-refractivity contribution in [2.75, 3.05) is 26.3 Å². The van der Waals surface area contributed by atoms with E-state index in [9.17, 15) is 4.79 Å². The highest BCUT2D eigenvalue weighted by atomic mass is 16.6. The molecule has 5 heteroatoms. The molecule has 0 spiro atoms. The molecule has 1 N–H and O–H groups in total. The van der Waals surface area contributed by atoms with Crippen LogP contribution in [-0.2, 0) is 13.0 Å². The van der Waals surface area contributed by atoms with Crippen LogP contribution in [0.4, 0.5) is 0 Å². The number of benzene rings is 2. The van der Waals surface area contributed by atoms with Gasteiger partial charge in [-0.1, -0.05) is 18.2 Å². The molecular weight excluding hydrogens is 340 g/mol. The summed E-state index contributed by atoms with van der Waals surface area (Å²) in [4.78, 5) is 14.5. The number of fused-ring (bicyclic) bond motifs is 2. The van der Waals surface area contributed by atoms with Crippen molar-refractivity contribution in [2.45, 2.75) is 31.8 Å². The Morgan fingerprint density at radius 3 is 2.89 bits per heavy atom. The second-order valence-electron chi connectivity index (χ2n) is 7.53. The molecule has 0 saturated carbocycles. The normalized spacial score (nSPS) is 21.6. The standard InChI is InChI=1S/C22H24N2O3/c25-22-18-5-3-15(12-16(18)7-8-23-22)14-24-9-1-2-19(24)17-4-6-20-21(13-17)27-11-10-26-20/h3-6,12-13,19H,1-2,7-11,14H2,(H,23,25). The fourth-order valence-corrected chi connectivity index (χ4v) is 4.47. The number of likely N-dealkylation sites (tertiary alicyclic amines) is 1. The maximum Gasteiger partial charge on any atom is 0.251 e. The lowest BCUT2D eigenvalue weighted by Gasteiger charge is -2.27. The molecule has 0 radical (unpaired) electrons. The van der Waals surface area contributed by atoms with E-state index < -0.39 is 0 Å². The number of carbonyl (C=O) groups is 1. The van der Waals surface area contributed by atoms with Gasteiger partial charge in [-0.25, -0.2) is 0 Å². The average molecular weight is 364 g/mol. The minimum absolute atomic E-state index is 0.0538. The summed E-state index contributed by atoms with van der Waals surface area (Å²) in [6.45, 7) is 3.98. The van der Waals surface area contributed by atoms with Crippen molar-refractivity contribution in [3.63, 3.8) is 0 Å². The average Bonchev–Trinajstić information content (AvgIpc) is 3.16. The zero-order valence-electron chi connectivity index (χ0n) is 15.4. The van der Waals surface area contributed by atoms with Gasteiger partial charge in [0, 0.05) is 24.7 Å². The Balaban J connectivity index is 1.37. The van der Waals surface area contributed by atoms with Crippen LogP contribution < -0.4 is 14.8 Å². The summed E-state index contributed by atoms with van der Waals surface area (Å²) in [6.07, 6.45) is 3.28. The first-order valence-electron chi connectivity index (χ1n) is 9.81. The minimum Gasteiger partial charge on any atom is -0.486 e. The Bertz CT molecular complexity index is 880. The van der Waals surface area contributed by atoms with E-state index >= 15 is 0 Å². The van der Waals surface area contributed by atoms with Crippen LogP contribution in [0.1, 0.15) is 45.9 Å². The van der Waals surface area contributed by atoms with Crippen LogP contribution >= 0.6 is 0 Å². The van der Waals surface area contributed by atoms with Crippen LogP contribution in [-0.4, -0.2) is 37.1 Å². The Morgan fingerprint density at radius 1 is 1.07 bits per heavy atom.